The van der Waals surface area contributed by atoms with Gasteiger partial charge in [-0.25, -0.2) is 14.2 Å². The third kappa shape index (κ3) is 2.80. The summed E-state index contributed by atoms with van der Waals surface area (Å²) in [5, 5.41) is 29.5. The molecule has 0 spiro atoms. The van der Waals surface area contributed by atoms with Crippen molar-refractivity contribution < 1.29 is 20.1 Å². The molecule has 3 N–H and O–H groups in total. The summed E-state index contributed by atoms with van der Waals surface area (Å²) in [6.45, 7) is -0.319. The molecule has 0 aliphatic carbocycles. The molecule has 5 rings (SSSR count). The number of benzene rings is 2. The van der Waals surface area contributed by atoms with Crippen molar-refractivity contribution in [3.05, 3.63) is 65.2 Å². The van der Waals surface area contributed by atoms with Crippen LogP contribution in [0.25, 0.3) is 27.8 Å². The van der Waals surface area contributed by atoms with E-state index >= 15 is 0 Å². The number of aliphatic hydroxyl groups is 2. The van der Waals surface area contributed by atoms with E-state index in [1.807, 2.05) is 30.3 Å². The van der Waals surface area contributed by atoms with Crippen LogP contribution in [0.1, 0.15) is 12.6 Å². The molecule has 29 heavy (non-hydrogen) atoms. The molecule has 8 nitrogen and oxygen atoms in total. The maximum atomic E-state index is 13.4. The predicted molar refractivity (Wildman–Crippen MR) is 106 cm³/mol. The number of aliphatic hydroxyl groups excluding tert-OH is 2. The zero-order valence-electron chi connectivity index (χ0n) is 15.3. The summed E-state index contributed by atoms with van der Waals surface area (Å²) in [6.07, 6.45) is -0.477. The molecule has 3 heterocycles. The Bertz CT molecular complexity index is 1260. The van der Waals surface area contributed by atoms with Gasteiger partial charge in [0, 0.05) is 24.2 Å². The molecule has 3 atom stereocenters. The molecule has 1 aliphatic heterocycles. The molecule has 0 saturated carbocycles. The van der Waals surface area contributed by atoms with Crippen LogP contribution in [-0.4, -0.2) is 48.1 Å². The van der Waals surface area contributed by atoms with E-state index in [1.54, 1.807) is 18.3 Å². The van der Waals surface area contributed by atoms with Crippen LogP contribution in [0.2, 0.25) is 0 Å². The van der Waals surface area contributed by atoms with Crippen molar-refractivity contribution in [3.63, 3.8) is 0 Å². The molecular weight excluding hydrogens is 374 g/mol. The largest absolute Gasteiger partial charge is 0.508 e. The van der Waals surface area contributed by atoms with Gasteiger partial charge in [-0.15, -0.1) is 0 Å². The van der Waals surface area contributed by atoms with Crippen LogP contribution < -0.4 is 5.69 Å². The third-order valence-electron chi connectivity index (χ3n) is 5.34. The maximum Gasteiger partial charge on any atom is 0.336 e. The summed E-state index contributed by atoms with van der Waals surface area (Å²) >= 11 is 0. The SMILES string of the molecule is O=c1n([C@H]2C[C@H](O)[C@@H](CO)O2)ccc2nc3cc(O)cc(-c4ccccc4)c3n12. The van der Waals surface area contributed by atoms with E-state index in [0.717, 1.165) is 5.56 Å². The Morgan fingerprint density at radius 3 is 2.69 bits per heavy atom. The van der Waals surface area contributed by atoms with Gasteiger partial charge in [0.1, 0.15) is 23.7 Å². The first-order valence-corrected chi connectivity index (χ1v) is 9.33. The van der Waals surface area contributed by atoms with Crippen molar-refractivity contribution >= 4 is 16.7 Å². The lowest BCUT2D eigenvalue weighted by atomic mass is 10.0. The van der Waals surface area contributed by atoms with Gasteiger partial charge >= 0.3 is 5.69 Å². The second-order valence-corrected chi connectivity index (χ2v) is 7.15. The van der Waals surface area contributed by atoms with E-state index in [-0.39, 0.29) is 24.5 Å². The molecular formula is C21H19N3O5. The topological polar surface area (TPSA) is 109 Å². The smallest absolute Gasteiger partial charge is 0.336 e. The number of ether oxygens (including phenoxy) is 1. The maximum absolute atomic E-state index is 13.4. The number of hydrogen-bond acceptors (Lipinski definition) is 6. The summed E-state index contributed by atoms with van der Waals surface area (Å²) in [7, 11) is 0. The Hall–Kier alpha value is -3.20. The van der Waals surface area contributed by atoms with E-state index in [9.17, 15) is 20.1 Å². The van der Waals surface area contributed by atoms with E-state index < -0.39 is 18.4 Å². The second kappa shape index (κ2) is 6.70. The Kier molecular flexibility index (Phi) is 4.13. The highest BCUT2D eigenvalue weighted by molar-refractivity contribution is 5.95. The van der Waals surface area contributed by atoms with Crippen molar-refractivity contribution in [1.29, 1.82) is 0 Å². The summed E-state index contributed by atoms with van der Waals surface area (Å²) in [6, 6.07) is 14.3. The Labute approximate surface area is 164 Å². The predicted octanol–water partition coefficient (Wildman–Crippen LogP) is 1.66. The first kappa shape index (κ1) is 17.9. The first-order valence-electron chi connectivity index (χ1n) is 9.33. The van der Waals surface area contributed by atoms with Gasteiger partial charge in [0.25, 0.3) is 0 Å². The molecule has 148 valence electrons. The average molecular weight is 393 g/mol. The Balaban J connectivity index is 1.77. The van der Waals surface area contributed by atoms with Crippen LogP contribution in [0.15, 0.2) is 59.5 Å². The molecule has 8 heteroatoms. The van der Waals surface area contributed by atoms with E-state index in [0.29, 0.717) is 22.2 Å². The molecule has 4 aromatic rings. The monoisotopic (exact) mass is 393 g/mol. The minimum Gasteiger partial charge on any atom is -0.508 e. The Morgan fingerprint density at radius 2 is 1.97 bits per heavy atom. The fourth-order valence-electron chi connectivity index (χ4n) is 3.95. The van der Waals surface area contributed by atoms with Gasteiger partial charge in [0.2, 0.25) is 0 Å². The van der Waals surface area contributed by atoms with Gasteiger partial charge in [-0.05, 0) is 17.7 Å². The average Bonchev–Trinajstić information content (AvgIpc) is 3.28. The summed E-state index contributed by atoms with van der Waals surface area (Å²) in [4.78, 5) is 17.9. The highest BCUT2D eigenvalue weighted by atomic mass is 16.5. The molecule has 2 aromatic carbocycles. The fraction of sp³-hybridized carbons (Fsp3) is 0.238. The zero-order chi connectivity index (χ0) is 20.1. The molecule has 2 aromatic heterocycles. The van der Waals surface area contributed by atoms with Gasteiger partial charge < -0.3 is 20.1 Å². The molecule has 0 amide bonds. The van der Waals surface area contributed by atoms with Gasteiger partial charge in [0.05, 0.1) is 23.7 Å². The number of phenols is 1. The number of aromatic nitrogens is 3. The zero-order valence-corrected chi connectivity index (χ0v) is 15.3. The lowest BCUT2D eigenvalue weighted by Crippen LogP contribution is -2.30. The van der Waals surface area contributed by atoms with Crippen molar-refractivity contribution in [2.24, 2.45) is 0 Å². The minimum absolute atomic E-state index is 0.0631. The molecule has 0 unspecified atom stereocenters. The number of aromatic hydroxyl groups is 1. The van der Waals surface area contributed by atoms with Crippen molar-refractivity contribution in [1.82, 2.24) is 14.0 Å². The second-order valence-electron chi connectivity index (χ2n) is 7.15. The van der Waals surface area contributed by atoms with Gasteiger partial charge in [0.15, 0.2) is 0 Å². The van der Waals surface area contributed by atoms with Crippen molar-refractivity contribution in [2.75, 3.05) is 6.61 Å². The lowest BCUT2D eigenvalue weighted by Gasteiger charge is -2.15. The molecule has 1 fully saturated rings. The number of rotatable bonds is 3. The lowest BCUT2D eigenvalue weighted by molar-refractivity contribution is -0.0459. The van der Waals surface area contributed by atoms with Gasteiger partial charge in [-0.3, -0.25) is 4.57 Å². The van der Waals surface area contributed by atoms with Crippen LogP contribution >= 0.6 is 0 Å². The minimum atomic E-state index is -0.844. The standard InChI is InChI=1S/C21H19N3O5/c25-11-17-16(27)10-19(29-17)23-7-6-18-22-15-9-13(26)8-14(12-4-2-1-3-5-12)20(15)24(18)21(23)28/h1-9,16-17,19,25-27H,10-11H2/t16-,17+,19+/m0/s1. The van der Waals surface area contributed by atoms with Crippen LogP contribution in [0.3, 0.4) is 0 Å². The fourth-order valence-corrected chi connectivity index (χ4v) is 3.95. The summed E-state index contributed by atoms with van der Waals surface area (Å²) in [5.74, 6) is 0.0631. The van der Waals surface area contributed by atoms with Crippen molar-refractivity contribution in [2.45, 2.75) is 24.9 Å². The van der Waals surface area contributed by atoms with Gasteiger partial charge in [-0.2, -0.15) is 0 Å². The van der Waals surface area contributed by atoms with Gasteiger partial charge in [-0.1, -0.05) is 30.3 Å². The Morgan fingerprint density at radius 1 is 1.17 bits per heavy atom. The summed E-state index contributed by atoms with van der Waals surface area (Å²) in [5.41, 5.74) is 2.69. The molecule has 0 radical (unpaired) electrons. The van der Waals surface area contributed by atoms with E-state index in [1.165, 1.54) is 15.0 Å². The highest BCUT2D eigenvalue weighted by Gasteiger charge is 2.35. The van der Waals surface area contributed by atoms with Crippen molar-refractivity contribution in [3.8, 4) is 16.9 Å². The summed E-state index contributed by atoms with van der Waals surface area (Å²) < 4.78 is 8.53. The number of phenolic OH excluding ortho intramolecular Hbond substituents is 1. The van der Waals surface area contributed by atoms with Crippen LogP contribution in [0.5, 0.6) is 5.75 Å². The number of nitrogens with zero attached hydrogens (tertiary/aromatic N) is 3. The number of hydrogen-bond donors (Lipinski definition) is 3. The van der Waals surface area contributed by atoms with Crippen LogP contribution in [0.4, 0.5) is 0 Å². The number of imidazole rings is 1. The van der Waals surface area contributed by atoms with Crippen LogP contribution in [0, 0.1) is 0 Å². The molecule has 1 saturated heterocycles. The quantitative estimate of drug-likeness (QED) is 0.488. The van der Waals surface area contributed by atoms with E-state index in [2.05, 4.69) is 4.98 Å². The first-order chi connectivity index (χ1) is 14.1. The molecule has 0 bridgehead atoms. The highest BCUT2D eigenvalue weighted by Crippen LogP contribution is 2.33. The van der Waals surface area contributed by atoms with E-state index in [4.69, 9.17) is 4.74 Å². The van der Waals surface area contributed by atoms with Crippen LogP contribution in [-0.2, 0) is 4.74 Å². The normalized spacial score (nSPS) is 21.9. The molecule has 1 aliphatic rings. The third-order valence-corrected chi connectivity index (χ3v) is 5.34. The number of fused-ring (bicyclic) bond motifs is 3.